The van der Waals surface area contributed by atoms with Crippen LogP contribution in [0.2, 0.25) is 10.2 Å². The van der Waals surface area contributed by atoms with E-state index in [9.17, 15) is 9.18 Å². The molecule has 8 nitrogen and oxygen atoms in total. The minimum Gasteiger partial charge on any atom is -0.493 e. The maximum absolute atomic E-state index is 13.1. The van der Waals surface area contributed by atoms with Gasteiger partial charge in [-0.25, -0.2) is 14.4 Å². The molecular formula is C40H37Cl2FN4O4. The Hall–Kier alpha value is -4.96. The lowest BCUT2D eigenvalue weighted by molar-refractivity contribution is -0.127. The van der Waals surface area contributed by atoms with E-state index in [-0.39, 0.29) is 11.7 Å². The molecule has 0 bridgehead atoms. The fourth-order valence-electron chi connectivity index (χ4n) is 5.54. The lowest BCUT2D eigenvalue weighted by Crippen LogP contribution is -2.47. The number of aryl methyl sites for hydroxylation is 1. The van der Waals surface area contributed by atoms with Crippen LogP contribution < -0.4 is 14.2 Å². The summed E-state index contributed by atoms with van der Waals surface area (Å²) in [5.74, 6) is 1.81. The van der Waals surface area contributed by atoms with Crippen LogP contribution in [0.15, 0.2) is 103 Å². The van der Waals surface area contributed by atoms with Crippen LogP contribution in [0.1, 0.15) is 27.8 Å². The van der Waals surface area contributed by atoms with Gasteiger partial charge in [0.2, 0.25) is 11.8 Å². The summed E-state index contributed by atoms with van der Waals surface area (Å²) in [5, 5.41) is 0.846. The third kappa shape index (κ3) is 10.5. The summed E-state index contributed by atoms with van der Waals surface area (Å²) in [7, 11) is 0. The van der Waals surface area contributed by atoms with Gasteiger partial charge in [-0.3, -0.25) is 9.69 Å². The van der Waals surface area contributed by atoms with Gasteiger partial charge in [-0.2, -0.15) is 0 Å². The summed E-state index contributed by atoms with van der Waals surface area (Å²) in [6.07, 6.45) is 7.39. The second-order valence-electron chi connectivity index (χ2n) is 12.2. The molecule has 1 aliphatic heterocycles. The van der Waals surface area contributed by atoms with Crippen molar-refractivity contribution < 1.29 is 23.4 Å². The highest BCUT2D eigenvalue weighted by Gasteiger charge is 2.20. The van der Waals surface area contributed by atoms with Crippen LogP contribution in [-0.2, 0) is 24.4 Å². The number of nitrogens with zero attached hydrogens (tertiary/aromatic N) is 4. The standard InChI is InChI=1S/C40H37Cl2FN4O4/c1-28-22-31(23-36(41)40(28)51-38-14-12-35(25-45-38)50-27-32-6-13-37(42)44-24-32)7-15-39(48)47-19-17-46(18-20-47)26-30-4-2-29(3-5-30)16-21-49-34-10-8-33(43)9-11-34/h2-15,22-25H,16-21,26-27H2,1H3/b15-7+. The Morgan fingerprint density at radius 1 is 0.824 bits per heavy atom. The van der Waals surface area contributed by atoms with Gasteiger partial charge in [-0.1, -0.05) is 53.5 Å². The molecule has 1 amide bonds. The van der Waals surface area contributed by atoms with Gasteiger partial charge < -0.3 is 19.1 Å². The average molecular weight is 728 g/mol. The van der Waals surface area contributed by atoms with E-state index >= 15 is 0 Å². The Morgan fingerprint density at radius 3 is 2.24 bits per heavy atom. The fourth-order valence-corrected chi connectivity index (χ4v) is 5.97. The van der Waals surface area contributed by atoms with Crippen LogP contribution in [0.5, 0.6) is 23.1 Å². The molecule has 2 aromatic heterocycles. The number of aromatic nitrogens is 2. The third-order valence-corrected chi connectivity index (χ3v) is 8.87. The molecule has 0 atom stereocenters. The van der Waals surface area contributed by atoms with Crippen molar-refractivity contribution in [3.8, 4) is 23.1 Å². The maximum Gasteiger partial charge on any atom is 0.246 e. The quantitative estimate of drug-likeness (QED) is 0.0889. The molecule has 51 heavy (non-hydrogen) atoms. The molecule has 0 aliphatic carbocycles. The minimum atomic E-state index is -0.274. The lowest BCUT2D eigenvalue weighted by atomic mass is 10.1. The molecule has 0 saturated carbocycles. The molecule has 0 radical (unpaired) electrons. The molecule has 0 N–H and O–H groups in total. The van der Waals surface area contributed by atoms with Crippen LogP contribution in [0.25, 0.3) is 6.08 Å². The Bertz CT molecular complexity index is 1910. The normalized spacial score (nSPS) is 13.4. The van der Waals surface area contributed by atoms with Crippen molar-refractivity contribution in [2.24, 2.45) is 0 Å². The van der Waals surface area contributed by atoms with Crippen LogP contribution in [0.4, 0.5) is 4.39 Å². The zero-order chi connectivity index (χ0) is 35.6. The van der Waals surface area contributed by atoms with Gasteiger partial charge in [0.05, 0.1) is 17.8 Å². The van der Waals surface area contributed by atoms with Crippen LogP contribution in [-0.4, -0.2) is 58.5 Å². The molecule has 1 aliphatic rings. The smallest absolute Gasteiger partial charge is 0.246 e. The Balaban J connectivity index is 0.931. The van der Waals surface area contributed by atoms with Gasteiger partial charge in [0.15, 0.2) is 5.75 Å². The second-order valence-corrected chi connectivity index (χ2v) is 13.0. The largest absolute Gasteiger partial charge is 0.493 e. The van der Waals surface area contributed by atoms with E-state index in [1.165, 1.54) is 23.3 Å². The van der Waals surface area contributed by atoms with Crippen molar-refractivity contribution in [3.05, 3.63) is 147 Å². The number of halogens is 3. The maximum atomic E-state index is 13.1. The molecule has 1 saturated heterocycles. The van der Waals surface area contributed by atoms with E-state index in [1.54, 1.807) is 60.9 Å². The first-order chi connectivity index (χ1) is 24.8. The zero-order valence-electron chi connectivity index (χ0n) is 28.1. The lowest BCUT2D eigenvalue weighted by Gasteiger charge is -2.34. The van der Waals surface area contributed by atoms with E-state index in [1.807, 2.05) is 24.0 Å². The van der Waals surface area contributed by atoms with Gasteiger partial charge in [0.1, 0.15) is 29.1 Å². The van der Waals surface area contributed by atoms with Crippen LogP contribution in [0.3, 0.4) is 0 Å². The fraction of sp³-hybridized carbons (Fsp3) is 0.225. The highest BCUT2D eigenvalue weighted by atomic mass is 35.5. The van der Waals surface area contributed by atoms with E-state index < -0.39 is 0 Å². The molecule has 0 unspecified atom stereocenters. The molecule has 3 heterocycles. The van der Waals surface area contributed by atoms with Gasteiger partial charge in [-0.05, 0) is 83.8 Å². The Morgan fingerprint density at radius 2 is 1.55 bits per heavy atom. The van der Waals surface area contributed by atoms with E-state index in [4.69, 9.17) is 37.4 Å². The first-order valence-corrected chi connectivity index (χ1v) is 17.4. The number of hydrogen-bond donors (Lipinski definition) is 0. The van der Waals surface area contributed by atoms with Crippen molar-refractivity contribution in [1.29, 1.82) is 0 Å². The molecule has 262 valence electrons. The van der Waals surface area contributed by atoms with Crippen molar-refractivity contribution >= 4 is 35.2 Å². The van der Waals surface area contributed by atoms with Gasteiger partial charge in [0, 0.05) is 63.0 Å². The second kappa shape index (κ2) is 17.3. The number of carbonyl (C=O) groups excluding carboxylic acids is 1. The zero-order valence-corrected chi connectivity index (χ0v) is 29.6. The molecule has 11 heteroatoms. The minimum absolute atomic E-state index is 0.0326. The van der Waals surface area contributed by atoms with Gasteiger partial charge >= 0.3 is 0 Å². The van der Waals surface area contributed by atoms with Crippen molar-refractivity contribution in [3.63, 3.8) is 0 Å². The summed E-state index contributed by atoms with van der Waals surface area (Å²) < 4.78 is 30.5. The average Bonchev–Trinajstić information content (AvgIpc) is 3.14. The number of amides is 1. The Kier molecular flexibility index (Phi) is 12.2. The molecule has 1 fully saturated rings. The number of ether oxygens (including phenoxy) is 3. The Labute approximate surface area is 307 Å². The van der Waals surface area contributed by atoms with Gasteiger partial charge in [0.25, 0.3) is 0 Å². The van der Waals surface area contributed by atoms with Crippen molar-refractivity contribution in [2.75, 3.05) is 32.8 Å². The van der Waals surface area contributed by atoms with Crippen LogP contribution in [0, 0.1) is 12.7 Å². The van der Waals surface area contributed by atoms with E-state index in [0.717, 1.165) is 42.7 Å². The van der Waals surface area contributed by atoms with Crippen molar-refractivity contribution in [1.82, 2.24) is 19.8 Å². The topological polar surface area (TPSA) is 77.0 Å². The number of pyridine rings is 2. The summed E-state index contributed by atoms with van der Waals surface area (Å²) in [6.45, 7) is 6.49. The third-order valence-electron chi connectivity index (χ3n) is 8.37. The summed E-state index contributed by atoms with van der Waals surface area (Å²) in [5.41, 5.74) is 4.91. The first kappa shape index (κ1) is 35.9. The SMILES string of the molecule is Cc1cc(/C=C/C(=O)N2CCN(Cc3ccc(CCOc4ccc(F)cc4)cc3)CC2)cc(Cl)c1Oc1ccc(OCc2ccc(Cl)nc2)cn1. The monoisotopic (exact) mass is 726 g/mol. The molecular weight excluding hydrogens is 690 g/mol. The molecule has 0 spiro atoms. The predicted octanol–water partition coefficient (Wildman–Crippen LogP) is 8.58. The van der Waals surface area contributed by atoms with Crippen molar-refractivity contribution in [2.45, 2.75) is 26.5 Å². The van der Waals surface area contributed by atoms with E-state index in [2.05, 4.69) is 39.1 Å². The highest BCUT2D eigenvalue weighted by molar-refractivity contribution is 6.32. The summed E-state index contributed by atoms with van der Waals surface area (Å²) in [6, 6.07) is 25.3. The highest BCUT2D eigenvalue weighted by Crippen LogP contribution is 2.34. The van der Waals surface area contributed by atoms with Crippen LogP contribution >= 0.6 is 23.2 Å². The predicted molar refractivity (Wildman–Crippen MR) is 197 cm³/mol. The van der Waals surface area contributed by atoms with E-state index in [0.29, 0.717) is 59.6 Å². The van der Waals surface area contributed by atoms with Gasteiger partial charge in [-0.15, -0.1) is 0 Å². The number of hydrogen-bond acceptors (Lipinski definition) is 7. The number of piperazine rings is 1. The molecule has 6 rings (SSSR count). The summed E-state index contributed by atoms with van der Waals surface area (Å²) >= 11 is 12.4. The molecule has 5 aromatic rings. The molecule has 3 aromatic carbocycles. The number of rotatable bonds is 13. The first-order valence-electron chi connectivity index (χ1n) is 16.6. The number of carbonyl (C=O) groups is 1. The summed E-state index contributed by atoms with van der Waals surface area (Å²) in [4.78, 5) is 25.6. The number of benzene rings is 3.